The predicted molar refractivity (Wildman–Crippen MR) is 45.4 cm³/mol. The predicted octanol–water partition coefficient (Wildman–Crippen LogP) is 1.51. The fourth-order valence-corrected chi connectivity index (χ4v) is 0.889. The summed E-state index contributed by atoms with van der Waals surface area (Å²) < 4.78 is 18.2. The zero-order valence-electron chi connectivity index (χ0n) is 6.80. The second-order valence-corrected chi connectivity index (χ2v) is 2.20. The summed E-state index contributed by atoms with van der Waals surface area (Å²) in [6.07, 6.45) is 0. The fraction of sp³-hybridized carbons (Fsp3) is 0.250. The van der Waals surface area contributed by atoms with Gasteiger partial charge in [0, 0.05) is 0 Å². The zero-order valence-corrected chi connectivity index (χ0v) is 6.80. The Hall–Kier alpha value is -1.29. The van der Waals surface area contributed by atoms with Crippen molar-refractivity contribution >= 4 is 5.69 Å². The van der Waals surface area contributed by atoms with Gasteiger partial charge in [-0.3, -0.25) is 5.84 Å². The summed E-state index contributed by atoms with van der Waals surface area (Å²) in [7, 11) is 0. The van der Waals surface area contributed by atoms with E-state index in [4.69, 9.17) is 10.6 Å². The molecule has 0 atom stereocenters. The van der Waals surface area contributed by atoms with E-state index in [1.165, 1.54) is 6.07 Å². The van der Waals surface area contributed by atoms with E-state index in [1.54, 1.807) is 19.1 Å². The van der Waals surface area contributed by atoms with E-state index in [2.05, 4.69) is 5.43 Å². The van der Waals surface area contributed by atoms with Crippen LogP contribution >= 0.6 is 0 Å². The highest BCUT2D eigenvalue weighted by atomic mass is 19.1. The third-order valence-electron chi connectivity index (χ3n) is 1.42. The average molecular weight is 170 g/mol. The molecule has 1 rings (SSSR count). The van der Waals surface area contributed by atoms with Crippen LogP contribution in [0.1, 0.15) is 6.92 Å². The molecule has 66 valence electrons. The van der Waals surface area contributed by atoms with Gasteiger partial charge in [-0.2, -0.15) is 0 Å². The number of rotatable bonds is 3. The molecule has 0 heterocycles. The maximum Gasteiger partial charge on any atom is 0.189 e. The van der Waals surface area contributed by atoms with Crippen LogP contribution in [0.15, 0.2) is 18.2 Å². The number of halogens is 1. The van der Waals surface area contributed by atoms with Gasteiger partial charge < -0.3 is 10.2 Å². The number of hydrogen-bond acceptors (Lipinski definition) is 3. The van der Waals surface area contributed by atoms with Gasteiger partial charge in [0.1, 0.15) is 0 Å². The van der Waals surface area contributed by atoms with Crippen LogP contribution in [0.25, 0.3) is 0 Å². The first-order chi connectivity index (χ1) is 5.79. The van der Waals surface area contributed by atoms with Gasteiger partial charge >= 0.3 is 0 Å². The van der Waals surface area contributed by atoms with Gasteiger partial charge in [-0.05, 0) is 19.1 Å². The van der Waals surface area contributed by atoms with Crippen LogP contribution in [0.4, 0.5) is 10.1 Å². The molecule has 0 fully saturated rings. The molecular weight excluding hydrogens is 159 g/mol. The lowest BCUT2D eigenvalue weighted by atomic mass is 10.3. The standard InChI is InChI=1S/C8H11FN2O/c1-2-12-7-5-3-4-6(11-10)8(7)9/h3-5,11H,2,10H2,1H3. The maximum atomic E-state index is 13.2. The van der Waals surface area contributed by atoms with Crippen molar-refractivity contribution in [2.45, 2.75) is 6.92 Å². The lowest BCUT2D eigenvalue weighted by Gasteiger charge is -2.07. The molecule has 1 aromatic rings. The lowest BCUT2D eigenvalue weighted by Crippen LogP contribution is -2.09. The second-order valence-electron chi connectivity index (χ2n) is 2.20. The molecule has 0 aliphatic rings. The van der Waals surface area contributed by atoms with Crippen LogP contribution in [0, 0.1) is 5.82 Å². The van der Waals surface area contributed by atoms with E-state index in [-0.39, 0.29) is 11.4 Å². The molecule has 3 nitrogen and oxygen atoms in total. The van der Waals surface area contributed by atoms with Crippen LogP contribution in [0.5, 0.6) is 5.75 Å². The molecule has 3 N–H and O–H groups in total. The number of nitrogens with two attached hydrogens (primary N) is 1. The van der Waals surface area contributed by atoms with Crippen molar-refractivity contribution in [1.82, 2.24) is 0 Å². The van der Waals surface area contributed by atoms with Crippen LogP contribution in [0.3, 0.4) is 0 Å². The largest absolute Gasteiger partial charge is 0.491 e. The summed E-state index contributed by atoms with van der Waals surface area (Å²) in [5.74, 6) is 4.83. The van der Waals surface area contributed by atoms with Crippen molar-refractivity contribution in [3.63, 3.8) is 0 Å². The van der Waals surface area contributed by atoms with E-state index in [1.807, 2.05) is 0 Å². The average Bonchev–Trinajstić information content (AvgIpc) is 2.09. The van der Waals surface area contributed by atoms with Gasteiger partial charge in [0.25, 0.3) is 0 Å². The third-order valence-corrected chi connectivity index (χ3v) is 1.42. The number of hydrogen-bond donors (Lipinski definition) is 2. The monoisotopic (exact) mass is 170 g/mol. The van der Waals surface area contributed by atoms with Crippen LogP contribution in [-0.2, 0) is 0 Å². The van der Waals surface area contributed by atoms with Crippen molar-refractivity contribution < 1.29 is 9.13 Å². The Bertz CT molecular complexity index is 265. The smallest absolute Gasteiger partial charge is 0.189 e. The minimum atomic E-state index is -0.457. The fourth-order valence-electron chi connectivity index (χ4n) is 0.889. The van der Waals surface area contributed by atoms with Gasteiger partial charge in [-0.1, -0.05) is 6.07 Å². The summed E-state index contributed by atoms with van der Waals surface area (Å²) in [4.78, 5) is 0. The quantitative estimate of drug-likeness (QED) is 0.534. The molecule has 1 aromatic carbocycles. The van der Waals surface area contributed by atoms with Crippen molar-refractivity contribution in [2.75, 3.05) is 12.0 Å². The van der Waals surface area contributed by atoms with Crippen molar-refractivity contribution in [1.29, 1.82) is 0 Å². The number of anilines is 1. The first kappa shape index (κ1) is 8.80. The first-order valence-corrected chi connectivity index (χ1v) is 3.67. The van der Waals surface area contributed by atoms with E-state index < -0.39 is 5.82 Å². The van der Waals surface area contributed by atoms with Gasteiger partial charge in [-0.25, -0.2) is 4.39 Å². The molecule has 0 aliphatic carbocycles. The number of nitrogen functional groups attached to an aromatic ring is 1. The van der Waals surface area contributed by atoms with Gasteiger partial charge in [0.05, 0.1) is 12.3 Å². The molecule has 0 amide bonds. The highest BCUT2D eigenvalue weighted by Gasteiger charge is 2.06. The Balaban J connectivity index is 2.97. The summed E-state index contributed by atoms with van der Waals surface area (Å²) in [6.45, 7) is 2.23. The molecule has 0 saturated carbocycles. The molecule has 0 spiro atoms. The topological polar surface area (TPSA) is 47.3 Å². The minimum Gasteiger partial charge on any atom is -0.491 e. The number of hydrazine groups is 1. The highest BCUT2D eigenvalue weighted by Crippen LogP contribution is 2.23. The second kappa shape index (κ2) is 3.92. The summed E-state index contributed by atoms with van der Waals surface area (Å²) >= 11 is 0. The van der Waals surface area contributed by atoms with E-state index in [9.17, 15) is 4.39 Å². The third kappa shape index (κ3) is 1.65. The van der Waals surface area contributed by atoms with Gasteiger partial charge in [-0.15, -0.1) is 0 Å². The Morgan fingerprint density at radius 3 is 2.92 bits per heavy atom. The molecule has 0 aliphatic heterocycles. The molecule has 0 radical (unpaired) electrons. The zero-order chi connectivity index (χ0) is 8.97. The highest BCUT2D eigenvalue weighted by molar-refractivity contribution is 5.49. The Morgan fingerprint density at radius 2 is 2.33 bits per heavy atom. The lowest BCUT2D eigenvalue weighted by molar-refractivity contribution is 0.322. The van der Waals surface area contributed by atoms with E-state index in [0.29, 0.717) is 6.61 Å². The summed E-state index contributed by atoms with van der Waals surface area (Å²) in [5, 5.41) is 0. The van der Waals surface area contributed by atoms with Crippen molar-refractivity contribution in [3.8, 4) is 5.75 Å². The van der Waals surface area contributed by atoms with E-state index >= 15 is 0 Å². The van der Waals surface area contributed by atoms with Crippen molar-refractivity contribution in [2.24, 2.45) is 5.84 Å². The summed E-state index contributed by atoms with van der Waals surface area (Å²) in [6, 6.07) is 4.76. The molecule has 0 unspecified atom stereocenters. The molecular formula is C8H11FN2O. The van der Waals surface area contributed by atoms with Crippen LogP contribution in [-0.4, -0.2) is 6.61 Å². The Labute approximate surface area is 70.3 Å². The SMILES string of the molecule is CCOc1cccc(NN)c1F. The number of ether oxygens (including phenoxy) is 1. The van der Waals surface area contributed by atoms with Gasteiger partial charge in [0.15, 0.2) is 11.6 Å². The molecule has 0 aromatic heterocycles. The van der Waals surface area contributed by atoms with Crippen molar-refractivity contribution in [3.05, 3.63) is 24.0 Å². The Kier molecular flexibility index (Phi) is 2.88. The molecule has 4 heteroatoms. The normalized spacial score (nSPS) is 9.58. The number of nitrogens with one attached hydrogen (secondary N) is 1. The maximum absolute atomic E-state index is 13.2. The molecule has 12 heavy (non-hydrogen) atoms. The summed E-state index contributed by atoms with van der Waals surface area (Å²) in [5.41, 5.74) is 2.48. The Morgan fingerprint density at radius 1 is 1.58 bits per heavy atom. The van der Waals surface area contributed by atoms with Gasteiger partial charge in [0.2, 0.25) is 0 Å². The number of benzene rings is 1. The molecule has 0 bridgehead atoms. The first-order valence-electron chi connectivity index (χ1n) is 3.67. The van der Waals surface area contributed by atoms with Crippen LogP contribution < -0.4 is 16.0 Å². The van der Waals surface area contributed by atoms with E-state index in [0.717, 1.165) is 0 Å². The minimum absolute atomic E-state index is 0.216. The molecule has 0 saturated heterocycles. The van der Waals surface area contributed by atoms with Crippen LogP contribution in [0.2, 0.25) is 0 Å².